The van der Waals surface area contributed by atoms with Crippen molar-refractivity contribution in [3.8, 4) is 0 Å². The summed E-state index contributed by atoms with van der Waals surface area (Å²) in [5, 5.41) is 0. The fraction of sp³-hybridized carbons (Fsp3) is 0.615. The van der Waals surface area contributed by atoms with Gasteiger partial charge in [0.15, 0.2) is 0 Å². The summed E-state index contributed by atoms with van der Waals surface area (Å²) >= 11 is 3.46. The molecule has 1 aliphatic rings. The molecule has 2 N–H and O–H groups in total. The predicted octanol–water partition coefficient (Wildman–Crippen LogP) is 2.86. The van der Waals surface area contributed by atoms with Crippen molar-refractivity contribution in [2.75, 3.05) is 11.4 Å². The van der Waals surface area contributed by atoms with E-state index in [0.29, 0.717) is 18.6 Å². The molecule has 0 saturated carbocycles. The van der Waals surface area contributed by atoms with E-state index in [4.69, 9.17) is 5.73 Å². The lowest BCUT2D eigenvalue weighted by atomic mass is 9.96. The van der Waals surface area contributed by atoms with Crippen molar-refractivity contribution >= 4 is 21.7 Å². The van der Waals surface area contributed by atoms with Crippen molar-refractivity contribution < 1.29 is 0 Å². The first-order valence-corrected chi connectivity index (χ1v) is 7.03. The van der Waals surface area contributed by atoms with Gasteiger partial charge < -0.3 is 10.6 Å². The Morgan fingerprint density at radius 3 is 2.94 bits per heavy atom. The lowest BCUT2D eigenvalue weighted by Crippen LogP contribution is -2.49. The van der Waals surface area contributed by atoms with Crippen LogP contribution in [0.2, 0.25) is 0 Å². The monoisotopic (exact) mass is 297 g/mol. The van der Waals surface area contributed by atoms with Crippen molar-refractivity contribution in [1.29, 1.82) is 0 Å². The highest BCUT2D eigenvalue weighted by Gasteiger charge is 2.28. The summed E-state index contributed by atoms with van der Waals surface area (Å²) in [6.07, 6.45) is 5.55. The molecule has 1 aromatic rings. The maximum atomic E-state index is 5.89. The Hall–Kier alpha value is -0.610. The normalized spacial score (nSPS) is 25.1. The van der Waals surface area contributed by atoms with Gasteiger partial charge >= 0.3 is 0 Å². The van der Waals surface area contributed by atoms with Crippen molar-refractivity contribution in [2.45, 2.75) is 45.2 Å². The van der Waals surface area contributed by atoms with Gasteiger partial charge in [-0.15, -0.1) is 0 Å². The van der Waals surface area contributed by atoms with Crippen molar-refractivity contribution in [2.24, 2.45) is 5.73 Å². The van der Waals surface area contributed by atoms with Crippen LogP contribution in [0.15, 0.2) is 16.7 Å². The van der Waals surface area contributed by atoms with E-state index in [0.717, 1.165) is 10.3 Å². The molecule has 0 spiro atoms. The number of aryl methyl sites for hydroxylation is 1. The molecule has 3 nitrogen and oxygen atoms in total. The van der Waals surface area contributed by atoms with E-state index in [-0.39, 0.29) is 0 Å². The molecule has 1 aliphatic heterocycles. The topological polar surface area (TPSA) is 42.2 Å². The summed E-state index contributed by atoms with van der Waals surface area (Å²) in [6, 6.07) is 3.09. The number of aromatic nitrogens is 1. The highest BCUT2D eigenvalue weighted by molar-refractivity contribution is 9.10. The van der Waals surface area contributed by atoms with Gasteiger partial charge in [0.2, 0.25) is 0 Å². The van der Waals surface area contributed by atoms with Crippen LogP contribution in [0.1, 0.15) is 31.7 Å². The summed E-state index contributed by atoms with van der Waals surface area (Å²) in [5.74, 6) is 1.09. The minimum absolute atomic E-state index is 0.436. The van der Waals surface area contributed by atoms with E-state index in [1.54, 1.807) is 0 Å². The molecule has 1 saturated heterocycles. The van der Waals surface area contributed by atoms with Gasteiger partial charge in [0.05, 0.1) is 0 Å². The van der Waals surface area contributed by atoms with Crippen LogP contribution in [0, 0.1) is 6.92 Å². The number of pyridine rings is 1. The number of anilines is 1. The molecule has 17 heavy (non-hydrogen) atoms. The molecule has 4 heteroatoms. The smallest absolute Gasteiger partial charge is 0.132 e. The van der Waals surface area contributed by atoms with Gasteiger partial charge in [0, 0.05) is 29.3 Å². The van der Waals surface area contributed by atoms with Crippen LogP contribution < -0.4 is 10.6 Å². The number of halogens is 1. The Labute approximate surface area is 112 Å². The summed E-state index contributed by atoms with van der Waals surface area (Å²) in [5.41, 5.74) is 7.11. The number of rotatable bonds is 2. The van der Waals surface area contributed by atoms with Gasteiger partial charge in [-0.1, -0.05) is 0 Å². The van der Waals surface area contributed by atoms with Crippen LogP contribution in [0.4, 0.5) is 5.82 Å². The molecular weight excluding hydrogens is 278 g/mol. The predicted molar refractivity (Wildman–Crippen MR) is 75.3 cm³/mol. The third kappa shape index (κ3) is 2.63. The second kappa shape index (κ2) is 5.36. The minimum atomic E-state index is 0.436. The minimum Gasteiger partial charge on any atom is -0.349 e. The largest absolute Gasteiger partial charge is 0.349 e. The van der Waals surface area contributed by atoms with Crippen molar-refractivity contribution in [3.63, 3.8) is 0 Å². The second-order valence-corrected chi connectivity index (χ2v) is 5.79. The van der Waals surface area contributed by atoms with Crippen molar-refractivity contribution in [3.05, 3.63) is 22.3 Å². The highest BCUT2D eigenvalue weighted by Crippen LogP contribution is 2.30. The van der Waals surface area contributed by atoms with E-state index < -0.39 is 0 Å². The van der Waals surface area contributed by atoms with E-state index in [9.17, 15) is 0 Å². The quantitative estimate of drug-likeness (QED) is 0.913. The number of hydrogen-bond acceptors (Lipinski definition) is 3. The Morgan fingerprint density at radius 2 is 2.29 bits per heavy atom. The van der Waals surface area contributed by atoms with E-state index in [2.05, 4.69) is 45.7 Å². The Bertz CT molecular complexity index is 394. The zero-order valence-electron chi connectivity index (χ0n) is 10.5. The molecule has 2 rings (SSSR count). The molecule has 0 aliphatic carbocycles. The van der Waals surface area contributed by atoms with Crippen LogP contribution in [-0.2, 0) is 0 Å². The third-order valence-electron chi connectivity index (χ3n) is 3.56. The molecule has 1 aromatic heterocycles. The number of nitrogens with two attached hydrogens (primary N) is 1. The van der Waals surface area contributed by atoms with E-state index in [1.165, 1.54) is 24.8 Å². The average molecular weight is 298 g/mol. The van der Waals surface area contributed by atoms with E-state index in [1.807, 2.05) is 6.20 Å². The Kier molecular flexibility index (Phi) is 4.05. The molecule has 94 valence electrons. The summed E-state index contributed by atoms with van der Waals surface area (Å²) in [7, 11) is 0. The summed E-state index contributed by atoms with van der Waals surface area (Å²) < 4.78 is 1.03. The van der Waals surface area contributed by atoms with E-state index >= 15 is 0 Å². The van der Waals surface area contributed by atoms with Gasteiger partial charge in [-0.2, -0.15) is 0 Å². The number of piperidine rings is 1. The van der Waals surface area contributed by atoms with Crippen LogP contribution >= 0.6 is 15.9 Å². The van der Waals surface area contributed by atoms with Gasteiger partial charge in [-0.25, -0.2) is 4.98 Å². The van der Waals surface area contributed by atoms with Crippen LogP contribution in [0.5, 0.6) is 0 Å². The molecule has 0 aromatic carbocycles. The Balaban J connectivity index is 2.34. The molecule has 2 heterocycles. The third-order valence-corrected chi connectivity index (χ3v) is 4.00. The van der Waals surface area contributed by atoms with Crippen molar-refractivity contribution in [1.82, 2.24) is 4.98 Å². The Morgan fingerprint density at radius 1 is 1.53 bits per heavy atom. The number of nitrogens with zero attached hydrogens (tertiary/aromatic N) is 2. The zero-order valence-corrected chi connectivity index (χ0v) is 12.1. The molecule has 0 amide bonds. The van der Waals surface area contributed by atoms with Crippen LogP contribution in [-0.4, -0.2) is 23.6 Å². The van der Waals surface area contributed by atoms with Crippen LogP contribution in [0.3, 0.4) is 0 Å². The molecule has 1 fully saturated rings. The average Bonchev–Trinajstić information content (AvgIpc) is 2.30. The standard InChI is InChI=1S/C13H20BrN3/c1-9-6-11(14)8-16-13(9)17-10(2)4-3-5-12(17)7-15/h6,8,10,12H,3-5,7,15H2,1-2H3. The fourth-order valence-corrected chi connectivity index (χ4v) is 3.15. The van der Waals surface area contributed by atoms with Gasteiger partial charge in [-0.3, -0.25) is 0 Å². The molecule has 2 atom stereocenters. The summed E-state index contributed by atoms with van der Waals surface area (Å²) in [4.78, 5) is 6.98. The highest BCUT2D eigenvalue weighted by atomic mass is 79.9. The second-order valence-electron chi connectivity index (χ2n) is 4.87. The molecular formula is C13H20BrN3. The first-order valence-electron chi connectivity index (χ1n) is 6.24. The lowest BCUT2D eigenvalue weighted by molar-refractivity contribution is 0.397. The lowest BCUT2D eigenvalue weighted by Gasteiger charge is -2.41. The van der Waals surface area contributed by atoms with Gasteiger partial charge in [0.1, 0.15) is 5.82 Å². The molecule has 2 unspecified atom stereocenters. The SMILES string of the molecule is Cc1cc(Br)cnc1N1C(C)CCCC1CN. The molecule has 0 radical (unpaired) electrons. The fourth-order valence-electron chi connectivity index (χ4n) is 2.70. The molecule has 0 bridgehead atoms. The van der Waals surface area contributed by atoms with Gasteiger partial charge in [-0.05, 0) is 60.7 Å². The van der Waals surface area contributed by atoms with Gasteiger partial charge in [0.25, 0.3) is 0 Å². The maximum absolute atomic E-state index is 5.89. The maximum Gasteiger partial charge on any atom is 0.132 e. The first kappa shape index (κ1) is 12.8. The number of hydrogen-bond donors (Lipinski definition) is 1. The summed E-state index contributed by atoms with van der Waals surface area (Å²) in [6.45, 7) is 5.09. The first-order chi connectivity index (χ1) is 8.13. The van der Waals surface area contributed by atoms with Crippen LogP contribution in [0.25, 0.3) is 0 Å². The zero-order chi connectivity index (χ0) is 12.4.